The van der Waals surface area contributed by atoms with Crippen LogP contribution in [0.25, 0.3) is 21.9 Å². The van der Waals surface area contributed by atoms with E-state index in [1.807, 2.05) is 32.0 Å². The van der Waals surface area contributed by atoms with Crippen molar-refractivity contribution in [2.75, 3.05) is 0 Å². The largest absolute Gasteiger partial charge is 0.421 e. The van der Waals surface area contributed by atoms with Crippen LogP contribution in [0.5, 0.6) is 0 Å². The molecule has 0 bridgehead atoms. The van der Waals surface area contributed by atoms with Crippen molar-refractivity contribution >= 4 is 23.2 Å². The molecular formula is C35H33F2N5O3S. The second kappa shape index (κ2) is 12.9. The van der Waals surface area contributed by atoms with Gasteiger partial charge in [0.05, 0.1) is 33.4 Å². The highest BCUT2D eigenvalue weighted by molar-refractivity contribution is 7.17. The third-order valence-corrected chi connectivity index (χ3v) is 9.16. The number of benzene rings is 2. The van der Waals surface area contributed by atoms with Crippen LogP contribution in [0.1, 0.15) is 86.5 Å². The van der Waals surface area contributed by atoms with Gasteiger partial charge in [0, 0.05) is 23.8 Å². The highest BCUT2D eigenvalue weighted by Gasteiger charge is 2.31. The molecule has 2 amide bonds. The van der Waals surface area contributed by atoms with E-state index in [0.717, 1.165) is 18.4 Å². The second-order valence-corrected chi connectivity index (χ2v) is 13.0. The number of nitrogens with two attached hydrogens (primary N) is 1. The van der Waals surface area contributed by atoms with Crippen LogP contribution < -0.4 is 11.1 Å². The standard InChI is InChI=1S/C35H33F2N5O3S/c1-18(2)16-26-30(33(38)43)32(28-14-15-29(46-28)34(44)40-25-13-10-20-6-4-5-7-23(20)25)31(35-42-41-19(3)45-35)27(39-26)17-24(37)21-8-11-22(36)12-9-21/h4-9,11-12,14-15,18,24-25H,10,13,16-17H2,1-3H3,(H2,38,43)(H,40,44)/t24-,25+/m1/s1. The SMILES string of the molecule is Cc1nnc(-c2c(C[C@@H](F)c3ccc(F)cc3)nc(CC(C)C)c(C(N)=O)c2-c2ccc(C(=O)N[C@H]3CCc4ccccc43)s2)o1. The number of aryl methyl sites for hydroxylation is 2. The van der Waals surface area contributed by atoms with Gasteiger partial charge in [-0.05, 0) is 66.1 Å². The van der Waals surface area contributed by atoms with Crippen molar-refractivity contribution in [1.82, 2.24) is 20.5 Å². The van der Waals surface area contributed by atoms with Crippen molar-refractivity contribution < 1.29 is 22.8 Å². The first-order chi connectivity index (χ1) is 22.1. The van der Waals surface area contributed by atoms with Gasteiger partial charge < -0.3 is 15.5 Å². The number of primary amides is 1. The van der Waals surface area contributed by atoms with E-state index in [2.05, 4.69) is 21.6 Å². The maximum atomic E-state index is 15.9. The lowest BCUT2D eigenvalue weighted by Crippen LogP contribution is -2.26. The van der Waals surface area contributed by atoms with Gasteiger partial charge in [0.25, 0.3) is 11.8 Å². The Morgan fingerprint density at radius 1 is 1.02 bits per heavy atom. The molecule has 11 heteroatoms. The zero-order valence-corrected chi connectivity index (χ0v) is 26.5. The average molecular weight is 642 g/mol. The number of alkyl halides is 1. The maximum Gasteiger partial charge on any atom is 0.261 e. The van der Waals surface area contributed by atoms with Gasteiger partial charge in [-0.15, -0.1) is 21.5 Å². The number of pyridine rings is 1. The van der Waals surface area contributed by atoms with Crippen LogP contribution in [-0.2, 0) is 19.3 Å². The van der Waals surface area contributed by atoms with Crippen LogP contribution in [0.4, 0.5) is 8.78 Å². The highest BCUT2D eigenvalue weighted by atomic mass is 32.1. The molecule has 0 unspecified atom stereocenters. The smallest absolute Gasteiger partial charge is 0.261 e. The molecule has 0 saturated carbocycles. The van der Waals surface area contributed by atoms with Crippen molar-refractivity contribution in [3.8, 4) is 21.9 Å². The molecule has 3 heterocycles. The van der Waals surface area contributed by atoms with Crippen LogP contribution in [-0.4, -0.2) is 27.0 Å². The summed E-state index contributed by atoms with van der Waals surface area (Å²) in [5.41, 5.74) is 10.1. The molecule has 46 heavy (non-hydrogen) atoms. The molecule has 6 rings (SSSR count). The predicted molar refractivity (Wildman–Crippen MR) is 172 cm³/mol. The number of thiophene rings is 1. The number of carbonyl (C=O) groups is 2. The molecule has 1 aliphatic rings. The van der Waals surface area contributed by atoms with Crippen molar-refractivity contribution in [3.63, 3.8) is 0 Å². The number of rotatable bonds is 10. The lowest BCUT2D eigenvalue weighted by atomic mass is 9.91. The van der Waals surface area contributed by atoms with Gasteiger partial charge in [0.1, 0.15) is 12.0 Å². The summed E-state index contributed by atoms with van der Waals surface area (Å²) in [7, 11) is 0. The Kier molecular flexibility index (Phi) is 8.77. The van der Waals surface area contributed by atoms with E-state index in [-0.39, 0.29) is 58.5 Å². The average Bonchev–Trinajstić information content (AvgIpc) is 3.77. The quantitative estimate of drug-likeness (QED) is 0.165. The van der Waals surface area contributed by atoms with E-state index in [4.69, 9.17) is 15.1 Å². The second-order valence-electron chi connectivity index (χ2n) is 11.9. The molecule has 8 nitrogen and oxygen atoms in total. The Hall–Kier alpha value is -4.77. The summed E-state index contributed by atoms with van der Waals surface area (Å²) in [6.07, 6.45) is 0.292. The van der Waals surface area contributed by atoms with Crippen LogP contribution in [0.15, 0.2) is 65.1 Å². The Morgan fingerprint density at radius 3 is 2.48 bits per heavy atom. The van der Waals surface area contributed by atoms with Gasteiger partial charge in [-0.3, -0.25) is 14.6 Å². The molecule has 3 N–H and O–H groups in total. The number of carbonyl (C=O) groups excluding carboxylic acids is 2. The van der Waals surface area contributed by atoms with Crippen molar-refractivity contribution in [1.29, 1.82) is 0 Å². The minimum absolute atomic E-state index is 0.0434. The number of nitrogens with one attached hydrogen (secondary N) is 1. The van der Waals surface area contributed by atoms with Gasteiger partial charge in [-0.1, -0.05) is 50.2 Å². The number of fused-ring (bicyclic) bond motifs is 1. The number of aromatic nitrogens is 3. The van der Waals surface area contributed by atoms with Crippen LogP contribution in [0, 0.1) is 18.7 Å². The summed E-state index contributed by atoms with van der Waals surface area (Å²) in [6, 6.07) is 16.6. The molecule has 236 valence electrons. The van der Waals surface area contributed by atoms with Crippen molar-refractivity contribution in [3.05, 3.63) is 111 Å². The molecule has 0 radical (unpaired) electrons. The molecule has 2 aromatic carbocycles. The fourth-order valence-corrected chi connectivity index (χ4v) is 6.97. The number of nitrogens with zero attached hydrogens (tertiary/aromatic N) is 3. The van der Waals surface area contributed by atoms with E-state index in [9.17, 15) is 14.0 Å². The lowest BCUT2D eigenvalue weighted by molar-refractivity contribution is 0.0939. The molecule has 3 aromatic heterocycles. The zero-order valence-electron chi connectivity index (χ0n) is 25.6. The van der Waals surface area contributed by atoms with Gasteiger partial charge in [0.15, 0.2) is 0 Å². The first-order valence-corrected chi connectivity index (χ1v) is 15.9. The summed E-state index contributed by atoms with van der Waals surface area (Å²) in [5.74, 6) is -1.05. The number of amides is 2. The first kappa shape index (κ1) is 31.2. The van der Waals surface area contributed by atoms with E-state index in [1.54, 1.807) is 19.1 Å². The zero-order chi connectivity index (χ0) is 32.5. The minimum atomic E-state index is -1.56. The Balaban J connectivity index is 1.48. The van der Waals surface area contributed by atoms with Crippen LogP contribution >= 0.6 is 11.3 Å². The number of hydrogen-bond donors (Lipinski definition) is 2. The normalized spacial score (nSPS) is 14.8. The molecule has 0 spiro atoms. The Morgan fingerprint density at radius 2 is 1.78 bits per heavy atom. The molecular weight excluding hydrogens is 608 g/mol. The summed E-state index contributed by atoms with van der Waals surface area (Å²) < 4.78 is 35.3. The third-order valence-electron chi connectivity index (χ3n) is 8.05. The van der Waals surface area contributed by atoms with Crippen molar-refractivity contribution in [2.24, 2.45) is 11.7 Å². The molecule has 0 aliphatic heterocycles. The van der Waals surface area contributed by atoms with E-state index >= 15 is 4.39 Å². The molecule has 0 fully saturated rings. The molecule has 2 atom stereocenters. The highest BCUT2D eigenvalue weighted by Crippen LogP contribution is 2.43. The van der Waals surface area contributed by atoms with E-state index in [0.29, 0.717) is 27.4 Å². The monoisotopic (exact) mass is 641 g/mol. The van der Waals surface area contributed by atoms with E-state index in [1.165, 1.54) is 41.2 Å². The molecule has 1 aliphatic carbocycles. The van der Waals surface area contributed by atoms with Gasteiger partial charge in [-0.25, -0.2) is 8.78 Å². The fourth-order valence-electron chi connectivity index (χ4n) is 6.00. The van der Waals surface area contributed by atoms with Gasteiger partial charge >= 0.3 is 0 Å². The van der Waals surface area contributed by atoms with Crippen molar-refractivity contribution in [2.45, 2.75) is 58.7 Å². The van der Waals surface area contributed by atoms with Gasteiger partial charge in [0.2, 0.25) is 11.8 Å². The summed E-state index contributed by atoms with van der Waals surface area (Å²) in [4.78, 5) is 32.5. The lowest BCUT2D eigenvalue weighted by Gasteiger charge is -2.20. The number of halogens is 2. The number of hydrogen-bond acceptors (Lipinski definition) is 7. The summed E-state index contributed by atoms with van der Waals surface area (Å²) in [6.45, 7) is 5.58. The topological polar surface area (TPSA) is 124 Å². The van der Waals surface area contributed by atoms with Gasteiger partial charge in [-0.2, -0.15) is 0 Å². The third kappa shape index (κ3) is 6.32. The molecule has 0 saturated heterocycles. The van der Waals surface area contributed by atoms with E-state index < -0.39 is 17.9 Å². The molecule has 5 aromatic rings. The fraction of sp³-hybridized carbons (Fsp3) is 0.286. The predicted octanol–water partition coefficient (Wildman–Crippen LogP) is 7.28. The van der Waals surface area contributed by atoms with Crippen LogP contribution in [0.2, 0.25) is 0 Å². The Bertz CT molecular complexity index is 1920. The minimum Gasteiger partial charge on any atom is -0.421 e. The Labute approximate surface area is 269 Å². The summed E-state index contributed by atoms with van der Waals surface area (Å²) in [5, 5.41) is 11.4. The summed E-state index contributed by atoms with van der Waals surface area (Å²) >= 11 is 1.19. The maximum absolute atomic E-state index is 15.9. The van der Waals surface area contributed by atoms with Crippen LogP contribution in [0.3, 0.4) is 0 Å². The first-order valence-electron chi connectivity index (χ1n) is 15.1.